The molecular weight excluding hydrogens is 686 g/mol. The van der Waals surface area contributed by atoms with E-state index in [1.54, 1.807) is 19.1 Å². The third-order valence-electron chi connectivity index (χ3n) is 9.74. The number of aliphatic hydroxyl groups excluding tert-OH is 2. The summed E-state index contributed by atoms with van der Waals surface area (Å²) >= 11 is 0. The number of carbonyl (C=O) groups excluding carboxylic acids is 3. The molecule has 0 radical (unpaired) electrons. The largest absolute Gasteiger partial charge is 0.466 e. The van der Waals surface area contributed by atoms with Crippen molar-refractivity contribution in [3.8, 4) is 0 Å². The molecule has 2 unspecified atom stereocenters. The van der Waals surface area contributed by atoms with Crippen LogP contribution in [-0.2, 0) is 42.7 Å². The number of fused-ring (bicyclic) bond motifs is 6. The molecule has 5 rings (SSSR count). The van der Waals surface area contributed by atoms with Crippen LogP contribution >= 0.6 is 0 Å². The topological polar surface area (TPSA) is 220 Å². The van der Waals surface area contributed by atoms with Gasteiger partial charge in [0, 0.05) is 37.0 Å². The van der Waals surface area contributed by atoms with E-state index in [9.17, 15) is 39.8 Å². The first-order valence-electron chi connectivity index (χ1n) is 17.6. The first kappa shape index (κ1) is 39.4. The average molecular weight is 734 g/mol. The molecule has 1 aromatic carbocycles. The van der Waals surface area contributed by atoms with Crippen molar-refractivity contribution >= 4 is 23.6 Å². The summed E-state index contributed by atoms with van der Waals surface area (Å²) in [6.45, 7) is 1.35. The van der Waals surface area contributed by atoms with E-state index in [1.807, 2.05) is 0 Å². The molecule has 10 atom stereocenters. The fourth-order valence-corrected chi connectivity index (χ4v) is 7.08. The van der Waals surface area contributed by atoms with Crippen LogP contribution in [0.1, 0.15) is 75.1 Å². The van der Waals surface area contributed by atoms with E-state index < -0.39 is 71.8 Å². The predicted molar refractivity (Wildman–Crippen MR) is 178 cm³/mol. The van der Waals surface area contributed by atoms with Gasteiger partial charge in [0.15, 0.2) is 12.4 Å². The summed E-state index contributed by atoms with van der Waals surface area (Å²) in [7, 11) is 1.14. The monoisotopic (exact) mass is 733 g/mol. The number of methoxy groups -OCH3 is 1. The molecule has 16 nitrogen and oxygen atoms in total. The zero-order valence-electron chi connectivity index (χ0n) is 29.2. The molecule has 52 heavy (non-hydrogen) atoms. The number of hydrogen-bond acceptors (Lipinski definition) is 15. The van der Waals surface area contributed by atoms with Gasteiger partial charge in [-0.3, -0.25) is 14.9 Å². The standard InChI is InChI=1S/C36H47NO15/c1-21-9-10-33-47-12-11-28(50-33)18-27-8-4-7-26(48-27)16-25(39)17-32(41)49-30(20-38)19-29-14-23(15-31(40)46-2)34(36(21,43)52-29)51-35(42)22-5-3-6-24(13-22)37(44)45/h3,5-6,9-10,13,15,21,25-30,33-34,38-39,43H,4,7-8,11-12,14,16-20H2,1-2H3/b10-9+,23-15+/t21-,25+,26-,27+,28-,29?,30?,33-,34-,36-/m0/s1. The van der Waals surface area contributed by atoms with E-state index in [2.05, 4.69) is 0 Å². The summed E-state index contributed by atoms with van der Waals surface area (Å²) in [5, 5.41) is 44.7. The lowest BCUT2D eigenvalue weighted by atomic mass is 9.83. The third kappa shape index (κ3) is 10.2. The summed E-state index contributed by atoms with van der Waals surface area (Å²) in [5.74, 6) is -6.02. The molecule has 1 aromatic rings. The summed E-state index contributed by atoms with van der Waals surface area (Å²) in [6, 6.07) is 4.83. The molecule has 0 aliphatic carbocycles. The van der Waals surface area contributed by atoms with Gasteiger partial charge in [0.05, 0.1) is 67.8 Å². The van der Waals surface area contributed by atoms with Crippen molar-refractivity contribution in [1.29, 1.82) is 0 Å². The van der Waals surface area contributed by atoms with E-state index in [1.165, 1.54) is 18.2 Å². The molecule has 0 spiro atoms. The van der Waals surface area contributed by atoms with Gasteiger partial charge in [-0.15, -0.1) is 0 Å². The van der Waals surface area contributed by atoms with Crippen molar-refractivity contribution in [1.82, 2.24) is 0 Å². The summed E-state index contributed by atoms with van der Waals surface area (Å²) in [5.41, 5.74) is -0.484. The Kier molecular flexibility index (Phi) is 13.5. The Balaban J connectivity index is 1.49. The summed E-state index contributed by atoms with van der Waals surface area (Å²) in [6.07, 6.45) is 1.23. The van der Waals surface area contributed by atoms with Crippen molar-refractivity contribution in [2.45, 2.75) is 120 Å². The van der Waals surface area contributed by atoms with Crippen LogP contribution in [0.4, 0.5) is 5.69 Å². The second-order valence-electron chi connectivity index (χ2n) is 13.7. The second-order valence-corrected chi connectivity index (χ2v) is 13.7. The number of rotatable bonds is 5. The molecule has 286 valence electrons. The highest BCUT2D eigenvalue weighted by molar-refractivity contribution is 5.90. The van der Waals surface area contributed by atoms with E-state index in [0.717, 1.165) is 38.5 Å². The molecular formula is C36H47NO15. The van der Waals surface area contributed by atoms with Crippen LogP contribution in [-0.4, -0.2) is 113 Å². The van der Waals surface area contributed by atoms with E-state index in [4.69, 9.17) is 33.2 Å². The number of aliphatic hydroxyl groups is 3. The number of hydrogen-bond donors (Lipinski definition) is 3. The minimum absolute atomic E-state index is 0.0713. The number of nitrogens with zero attached hydrogens (tertiary/aromatic N) is 1. The average Bonchev–Trinajstić information content (AvgIpc) is 3.11. The molecule has 4 aliphatic heterocycles. The van der Waals surface area contributed by atoms with Crippen LogP contribution in [0.15, 0.2) is 48.1 Å². The molecule has 16 heteroatoms. The molecule has 4 aliphatic rings. The van der Waals surface area contributed by atoms with Crippen molar-refractivity contribution in [3.05, 3.63) is 63.7 Å². The van der Waals surface area contributed by atoms with Gasteiger partial charge in [0.1, 0.15) is 6.10 Å². The molecule has 0 aromatic heterocycles. The smallest absolute Gasteiger partial charge is 0.339 e. The Labute approximate surface area is 300 Å². The molecule has 6 bridgehead atoms. The van der Waals surface area contributed by atoms with Gasteiger partial charge in [-0.2, -0.15) is 0 Å². The fourth-order valence-electron chi connectivity index (χ4n) is 7.08. The number of ether oxygens (including phenoxy) is 7. The Morgan fingerprint density at radius 2 is 1.81 bits per heavy atom. The summed E-state index contributed by atoms with van der Waals surface area (Å²) < 4.78 is 40.7. The minimum Gasteiger partial charge on any atom is -0.466 e. The number of esters is 3. The van der Waals surface area contributed by atoms with Crippen molar-refractivity contribution in [3.63, 3.8) is 0 Å². The maximum atomic E-state index is 13.5. The zero-order chi connectivity index (χ0) is 37.4. The number of benzene rings is 1. The van der Waals surface area contributed by atoms with Crippen LogP contribution in [0.25, 0.3) is 0 Å². The maximum absolute atomic E-state index is 13.5. The predicted octanol–water partition coefficient (Wildman–Crippen LogP) is 2.80. The van der Waals surface area contributed by atoms with Gasteiger partial charge < -0.3 is 48.5 Å². The normalized spacial score (nSPS) is 36.1. The molecule has 3 N–H and O–H groups in total. The number of cyclic esters (lactones) is 1. The maximum Gasteiger partial charge on any atom is 0.339 e. The number of nitro groups is 1. The van der Waals surface area contributed by atoms with Crippen LogP contribution in [0.3, 0.4) is 0 Å². The van der Waals surface area contributed by atoms with Gasteiger partial charge in [-0.1, -0.05) is 19.1 Å². The lowest BCUT2D eigenvalue weighted by Gasteiger charge is -2.46. The number of carbonyl (C=O) groups is 3. The SMILES string of the molecule is COC(=O)/C=C1\CC2CC(CO)OC(=O)C[C@H](O)C[C@@H]3CCC[C@H](C[C@@H]4CCO[C@H](/C=C/[C@H](C)[C@](O)(O2)[C@H]1OC(=O)c1cccc([N+](=O)[O-])c1)O4)O3. The zero-order valence-corrected chi connectivity index (χ0v) is 29.2. The fraction of sp³-hybridized carbons (Fsp3) is 0.639. The lowest BCUT2D eigenvalue weighted by Crippen LogP contribution is -2.58. The van der Waals surface area contributed by atoms with E-state index in [0.29, 0.717) is 19.4 Å². The molecule has 0 amide bonds. The lowest BCUT2D eigenvalue weighted by molar-refractivity contribution is -0.384. The minimum atomic E-state index is -2.39. The van der Waals surface area contributed by atoms with Crippen LogP contribution in [0, 0.1) is 16.0 Å². The first-order valence-corrected chi connectivity index (χ1v) is 17.6. The molecule has 3 fully saturated rings. The Hall–Kier alpha value is -3.77. The number of non-ortho nitro benzene ring substituents is 1. The highest BCUT2D eigenvalue weighted by Crippen LogP contribution is 2.41. The number of nitro benzene ring substituents is 1. The third-order valence-corrected chi connectivity index (χ3v) is 9.74. The quantitative estimate of drug-likeness (QED) is 0.0989. The molecule has 3 saturated heterocycles. The summed E-state index contributed by atoms with van der Waals surface area (Å²) in [4.78, 5) is 49.7. The van der Waals surface area contributed by atoms with Gasteiger partial charge in [-0.25, -0.2) is 9.59 Å². The Morgan fingerprint density at radius 1 is 1.06 bits per heavy atom. The van der Waals surface area contributed by atoms with Crippen LogP contribution < -0.4 is 0 Å². The van der Waals surface area contributed by atoms with E-state index in [-0.39, 0.29) is 60.8 Å². The highest BCUT2D eigenvalue weighted by atomic mass is 16.7. The molecule has 0 saturated carbocycles. The molecule has 4 heterocycles. The highest BCUT2D eigenvalue weighted by Gasteiger charge is 2.53. The van der Waals surface area contributed by atoms with Crippen molar-refractivity contribution < 1.29 is 67.8 Å². The Morgan fingerprint density at radius 3 is 2.54 bits per heavy atom. The first-order chi connectivity index (χ1) is 24.9. The van der Waals surface area contributed by atoms with E-state index >= 15 is 0 Å². The van der Waals surface area contributed by atoms with Crippen molar-refractivity contribution in [2.75, 3.05) is 20.3 Å². The van der Waals surface area contributed by atoms with Crippen LogP contribution in [0.2, 0.25) is 0 Å². The van der Waals surface area contributed by atoms with Gasteiger partial charge in [0.25, 0.3) is 5.69 Å². The second kappa shape index (κ2) is 17.8. The van der Waals surface area contributed by atoms with Gasteiger partial charge >= 0.3 is 17.9 Å². The van der Waals surface area contributed by atoms with Gasteiger partial charge in [-0.05, 0) is 56.2 Å². The van der Waals surface area contributed by atoms with Crippen LogP contribution in [0.5, 0.6) is 0 Å². The van der Waals surface area contributed by atoms with Crippen molar-refractivity contribution in [2.24, 2.45) is 5.92 Å². The Bertz CT molecular complexity index is 1500. The van der Waals surface area contributed by atoms with Gasteiger partial charge in [0.2, 0.25) is 5.79 Å².